The standard InChI is InChI=1S/C14H15NOS/c1-15(2)14(17)12-9-8-10-6-4-5-7-11(10)13(12)16-3/h4-9H,1-3H3. The Balaban J connectivity index is 2.69. The highest BCUT2D eigenvalue weighted by Gasteiger charge is 2.12. The predicted octanol–water partition coefficient (Wildman–Crippen LogP) is 3.09. The van der Waals surface area contributed by atoms with Gasteiger partial charge in [0, 0.05) is 19.5 Å². The molecule has 0 aromatic heterocycles. The molecule has 2 aromatic carbocycles. The third-order valence-corrected chi connectivity index (χ3v) is 3.31. The molecule has 2 aromatic rings. The predicted molar refractivity (Wildman–Crippen MR) is 75.9 cm³/mol. The molecular formula is C14H15NOS. The molecular weight excluding hydrogens is 230 g/mol. The van der Waals surface area contributed by atoms with Gasteiger partial charge in [-0.25, -0.2) is 0 Å². The Morgan fingerprint density at radius 2 is 1.82 bits per heavy atom. The van der Waals surface area contributed by atoms with E-state index in [2.05, 4.69) is 18.2 Å². The summed E-state index contributed by atoms with van der Waals surface area (Å²) >= 11 is 5.41. The summed E-state index contributed by atoms with van der Waals surface area (Å²) in [5, 5.41) is 2.26. The van der Waals surface area contributed by atoms with Gasteiger partial charge in [-0.05, 0) is 11.5 Å². The molecule has 2 rings (SSSR count). The van der Waals surface area contributed by atoms with Gasteiger partial charge in [0.05, 0.1) is 12.7 Å². The van der Waals surface area contributed by atoms with Crippen LogP contribution in [0.3, 0.4) is 0 Å². The zero-order valence-electron chi connectivity index (χ0n) is 10.2. The normalized spacial score (nSPS) is 10.3. The first kappa shape index (κ1) is 11.9. The average Bonchev–Trinajstić information content (AvgIpc) is 2.36. The quantitative estimate of drug-likeness (QED) is 0.754. The molecule has 88 valence electrons. The Hall–Kier alpha value is -1.61. The molecule has 2 nitrogen and oxygen atoms in total. The fourth-order valence-electron chi connectivity index (χ4n) is 1.87. The van der Waals surface area contributed by atoms with Crippen molar-refractivity contribution in [3.05, 3.63) is 42.0 Å². The highest BCUT2D eigenvalue weighted by Crippen LogP contribution is 2.30. The van der Waals surface area contributed by atoms with Crippen LogP contribution in [0, 0.1) is 0 Å². The second-order valence-corrected chi connectivity index (χ2v) is 4.45. The highest BCUT2D eigenvalue weighted by atomic mass is 32.1. The van der Waals surface area contributed by atoms with Crippen LogP contribution < -0.4 is 4.74 Å². The number of fused-ring (bicyclic) bond motifs is 1. The van der Waals surface area contributed by atoms with E-state index in [0.717, 1.165) is 27.1 Å². The molecule has 17 heavy (non-hydrogen) atoms. The van der Waals surface area contributed by atoms with Crippen molar-refractivity contribution in [2.24, 2.45) is 0 Å². The molecule has 0 fully saturated rings. The summed E-state index contributed by atoms with van der Waals surface area (Å²) in [6.45, 7) is 0. The second-order valence-electron chi connectivity index (χ2n) is 4.07. The number of nitrogens with zero attached hydrogens (tertiary/aromatic N) is 1. The van der Waals surface area contributed by atoms with Gasteiger partial charge in [-0.2, -0.15) is 0 Å². The summed E-state index contributed by atoms with van der Waals surface area (Å²) < 4.78 is 5.52. The van der Waals surface area contributed by atoms with E-state index in [1.54, 1.807) is 7.11 Å². The number of hydrogen-bond donors (Lipinski definition) is 0. The minimum Gasteiger partial charge on any atom is -0.495 e. The van der Waals surface area contributed by atoms with E-state index >= 15 is 0 Å². The maximum Gasteiger partial charge on any atom is 0.136 e. The fourth-order valence-corrected chi connectivity index (χ4v) is 2.03. The van der Waals surface area contributed by atoms with E-state index < -0.39 is 0 Å². The summed E-state index contributed by atoms with van der Waals surface area (Å²) in [6, 6.07) is 12.2. The topological polar surface area (TPSA) is 12.5 Å². The number of rotatable bonds is 2. The monoisotopic (exact) mass is 245 g/mol. The molecule has 0 aliphatic rings. The van der Waals surface area contributed by atoms with Crippen molar-refractivity contribution in [3.63, 3.8) is 0 Å². The molecule has 0 saturated carbocycles. The first-order valence-electron chi connectivity index (χ1n) is 5.42. The van der Waals surface area contributed by atoms with Gasteiger partial charge in [0.1, 0.15) is 10.7 Å². The average molecular weight is 245 g/mol. The van der Waals surface area contributed by atoms with Gasteiger partial charge in [0.2, 0.25) is 0 Å². The lowest BCUT2D eigenvalue weighted by atomic mass is 10.0. The van der Waals surface area contributed by atoms with E-state index in [-0.39, 0.29) is 0 Å². The van der Waals surface area contributed by atoms with Crippen LogP contribution in [-0.4, -0.2) is 31.1 Å². The Morgan fingerprint density at radius 3 is 2.47 bits per heavy atom. The molecule has 0 heterocycles. The summed E-state index contributed by atoms with van der Waals surface area (Å²) in [6.07, 6.45) is 0. The molecule has 0 radical (unpaired) electrons. The molecule has 0 aliphatic carbocycles. The Labute approximate surface area is 107 Å². The maximum atomic E-state index is 5.52. The SMILES string of the molecule is COc1c(C(=S)N(C)C)ccc2ccccc12. The van der Waals surface area contributed by atoms with Gasteiger partial charge < -0.3 is 9.64 Å². The summed E-state index contributed by atoms with van der Waals surface area (Å²) in [4.78, 5) is 2.70. The minimum absolute atomic E-state index is 0.785. The number of hydrogen-bond acceptors (Lipinski definition) is 2. The number of benzene rings is 2. The van der Waals surface area contributed by atoms with Gasteiger partial charge in [0.25, 0.3) is 0 Å². The molecule has 3 heteroatoms. The van der Waals surface area contributed by atoms with Crippen molar-refractivity contribution in [1.82, 2.24) is 4.90 Å². The second kappa shape index (κ2) is 4.72. The van der Waals surface area contributed by atoms with Crippen molar-refractivity contribution < 1.29 is 4.74 Å². The van der Waals surface area contributed by atoms with Gasteiger partial charge in [-0.15, -0.1) is 0 Å². The minimum atomic E-state index is 0.785. The largest absolute Gasteiger partial charge is 0.495 e. The molecule has 0 aliphatic heterocycles. The number of methoxy groups -OCH3 is 1. The van der Waals surface area contributed by atoms with Crippen LogP contribution in [0.15, 0.2) is 36.4 Å². The lowest BCUT2D eigenvalue weighted by Gasteiger charge is -2.17. The van der Waals surface area contributed by atoms with Crippen LogP contribution in [0.5, 0.6) is 5.75 Å². The lowest BCUT2D eigenvalue weighted by molar-refractivity contribution is 0.418. The van der Waals surface area contributed by atoms with Gasteiger partial charge in [0.15, 0.2) is 0 Å². The Bertz CT molecular complexity index is 563. The maximum absolute atomic E-state index is 5.52. The van der Waals surface area contributed by atoms with E-state index in [4.69, 9.17) is 17.0 Å². The number of thiocarbonyl (C=S) groups is 1. The summed E-state index contributed by atoms with van der Waals surface area (Å²) in [5.74, 6) is 0.849. The smallest absolute Gasteiger partial charge is 0.136 e. The molecule has 0 bridgehead atoms. The van der Waals surface area contributed by atoms with Crippen LogP contribution in [0.2, 0.25) is 0 Å². The first-order valence-corrected chi connectivity index (χ1v) is 5.83. The Morgan fingerprint density at radius 1 is 1.12 bits per heavy atom. The van der Waals surface area contributed by atoms with Gasteiger partial charge in [-0.1, -0.05) is 42.5 Å². The molecule has 0 spiro atoms. The molecule has 0 amide bonds. The van der Waals surface area contributed by atoms with Gasteiger partial charge >= 0.3 is 0 Å². The summed E-state index contributed by atoms with van der Waals surface area (Å²) in [5.41, 5.74) is 0.964. The van der Waals surface area contributed by atoms with Crippen LogP contribution in [-0.2, 0) is 0 Å². The van der Waals surface area contributed by atoms with Crippen molar-refractivity contribution in [3.8, 4) is 5.75 Å². The zero-order valence-corrected chi connectivity index (χ0v) is 11.0. The van der Waals surface area contributed by atoms with Crippen molar-refractivity contribution in [1.29, 1.82) is 0 Å². The highest BCUT2D eigenvalue weighted by molar-refractivity contribution is 7.80. The fraction of sp³-hybridized carbons (Fsp3) is 0.214. The van der Waals surface area contributed by atoms with E-state index in [9.17, 15) is 0 Å². The Kier molecular flexibility index (Phi) is 3.29. The van der Waals surface area contributed by atoms with Crippen LogP contribution >= 0.6 is 12.2 Å². The third kappa shape index (κ3) is 2.11. The summed E-state index contributed by atoms with van der Waals surface area (Å²) in [7, 11) is 5.57. The first-order chi connectivity index (χ1) is 8.15. The molecule has 0 atom stereocenters. The van der Waals surface area contributed by atoms with Crippen LogP contribution in [0.4, 0.5) is 0 Å². The number of ether oxygens (including phenoxy) is 1. The van der Waals surface area contributed by atoms with E-state index in [1.807, 2.05) is 37.2 Å². The van der Waals surface area contributed by atoms with Crippen molar-refractivity contribution >= 4 is 28.0 Å². The van der Waals surface area contributed by atoms with Gasteiger partial charge in [-0.3, -0.25) is 0 Å². The molecule has 0 saturated heterocycles. The third-order valence-electron chi connectivity index (χ3n) is 2.72. The van der Waals surface area contributed by atoms with Crippen molar-refractivity contribution in [2.75, 3.05) is 21.2 Å². The molecule has 0 N–H and O–H groups in total. The van der Waals surface area contributed by atoms with E-state index in [1.165, 1.54) is 0 Å². The van der Waals surface area contributed by atoms with E-state index in [0.29, 0.717) is 0 Å². The van der Waals surface area contributed by atoms with Crippen LogP contribution in [0.1, 0.15) is 5.56 Å². The zero-order chi connectivity index (χ0) is 12.4. The van der Waals surface area contributed by atoms with Crippen molar-refractivity contribution in [2.45, 2.75) is 0 Å². The lowest BCUT2D eigenvalue weighted by Crippen LogP contribution is -2.21. The molecule has 0 unspecified atom stereocenters. The van der Waals surface area contributed by atoms with Crippen LogP contribution in [0.25, 0.3) is 10.8 Å².